The number of aromatic amines is 1. The van der Waals surface area contributed by atoms with Crippen molar-refractivity contribution in [1.82, 2.24) is 35.0 Å². The van der Waals surface area contributed by atoms with Crippen LogP contribution in [0.3, 0.4) is 0 Å². The summed E-state index contributed by atoms with van der Waals surface area (Å²) >= 11 is 1.45. The summed E-state index contributed by atoms with van der Waals surface area (Å²) in [6.07, 6.45) is 4.72. The average Bonchev–Trinajstić information content (AvgIpc) is 3.64. The quantitative estimate of drug-likeness (QED) is 0.303. The normalized spacial score (nSPS) is 15.1. The molecule has 190 valence electrons. The van der Waals surface area contributed by atoms with E-state index in [4.69, 9.17) is 0 Å². The van der Waals surface area contributed by atoms with E-state index in [0.717, 1.165) is 41.2 Å². The lowest BCUT2D eigenvalue weighted by atomic mass is 10.1. The van der Waals surface area contributed by atoms with Gasteiger partial charge in [0.05, 0.1) is 22.1 Å². The summed E-state index contributed by atoms with van der Waals surface area (Å²) in [5.74, 6) is -0.508. The van der Waals surface area contributed by atoms with Crippen molar-refractivity contribution < 1.29 is 13.6 Å². The summed E-state index contributed by atoms with van der Waals surface area (Å²) in [7, 11) is 0. The van der Waals surface area contributed by atoms with Crippen LogP contribution in [0.25, 0.3) is 37.7 Å². The van der Waals surface area contributed by atoms with Gasteiger partial charge >= 0.3 is 0 Å². The van der Waals surface area contributed by atoms with Crippen LogP contribution in [0, 0.1) is 5.82 Å². The maximum atomic E-state index is 14.9. The molecule has 5 aromatic rings. The van der Waals surface area contributed by atoms with E-state index in [9.17, 15) is 13.6 Å². The van der Waals surface area contributed by atoms with Gasteiger partial charge in [-0.05, 0) is 56.1 Å². The van der Waals surface area contributed by atoms with Gasteiger partial charge in [0.25, 0.3) is 5.91 Å². The lowest BCUT2D eigenvalue weighted by Crippen LogP contribution is -2.36. The molecule has 0 aliphatic carbocycles. The van der Waals surface area contributed by atoms with Crippen molar-refractivity contribution in [3.05, 3.63) is 60.2 Å². The highest BCUT2D eigenvalue weighted by Gasteiger charge is 2.18. The number of nitrogens with zero attached hydrogens (tertiary/aromatic N) is 5. The number of hydrogen-bond acceptors (Lipinski definition) is 6. The van der Waals surface area contributed by atoms with Gasteiger partial charge < -0.3 is 10.2 Å². The van der Waals surface area contributed by atoms with E-state index in [1.165, 1.54) is 17.4 Å². The number of piperidine rings is 1. The highest BCUT2D eigenvalue weighted by atomic mass is 32.1. The van der Waals surface area contributed by atoms with E-state index in [-0.39, 0.29) is 11.7 Å². The van der Waals surface area contributed by atoms with Crippen molar-refractivity contribution in [1.29, 1.82) is 0 Å². The second-order valence-corrected chi connectivity index (χ2v) is 10.2. The second kappa shape index (κ2) is 9.98. The Morgan fingerprint density at radius 2 is 2.03 bits per heavy atom. The fourth-order valence-corrected chi connectivity index (χ4v) is 5.77. The Labute approximate surface area is 215 Å². The molecule has 0 unspecified atom stereocenters. The van der Waals surface area contributed by atoms with Crippen LogP contribution in [-0.4, -0.2) is 68.0 Å². The Kier molecular flexibility index (Phi) is 6.39. The highest BCUT2D eigenvalue weighted by Crippen LogP contribution is 2.32. The van der Waals surface area contributed by atoms with E-state index in [1.54, 1.807) is 24.4 Å². The van der Waals surface area contributed by atoms with Crippen LogP contribution in [-0.2, 0) is 0 Å². The lowest BCUT2D eigenvalue weighted by molar-refractivity contribution is 0.0950. The molecule has 2 aromatic carbocycles. The number of hydrogen-bond donors (Lipinski definition) is 2. The van der Waals surface area contributed by atoms with Gasteiger partial charge in [0.2, 0.25) is 0 Å². The summed E-state index contributed by atoms with van der Waals surface area (Å²) in [5.41, 5.74) is 3.64. The van der Waals surface area contributed by atoms with Gasteiger partial charge in [0, 0.05) is 42.5 Å². The van der Waals surface area contributed by atoms with E-state index in [2.05, 4.69) is 30.6 Å². The Hall–Kier alpha value is -3.70. The van der Waals surface area contributed by atoms with E-state index in [1.807, 2.05) is 22.7 Å². The van der Waals surface area contributed by atoms with Gasteiger partial charge in [0.1, 0.15) is 17.7 Å². The minimum absolute atomic E-state index is 0.120. The first-order valence-corrected chi connectivity index (χ1v) is 13.1. The number of alkyl halides is 1. The van der Waals surface area contributed by atoms with Crippen LogP contribution in [0.1, 0.15) is 29.6 Å². The number of aromatic nitrogens is 5. The van der Waals surface area contributed by atoms with Gasteiger partial charge in [-0.25, -0.2) is 13.8 Å². The standard InChI is InChI=1S/C26H25F2N7OS/c27-18-6-10-34(11-7-18)9-1-8-29-25(36)17-3-5-23-24(13-17)37-26-31-22(15-35(23)26)19-4-2-16(12-20(19)28)21-14-30-33-32-21/h2-5,12-15,18H,1,6-11H2,(H,29,36)(H,30,32,33). The predicted molar refractivity (Wildman–Crippen MR) is 139 cm³/mol. The molecule has 0 spiro atoms. The molecule has 1 saturated heterocycles. The Morgan fingerprint density at radius 1 is 1.16 bits per heavy atom. The molecule has 1 aliphatic rings. The van der Waals surface area contributed by atoms with Crippen molar-refractivity contribution in [2.24, 2.45) is 0 Å². The third kappa shape index (κ3) is 4.84. The number of carbonyl (C=O) groups excluding carboxylic acids is 1. The summed E-state index contributed by atoms with van der Waals surface area (Å²) < 4.78 is 31.0. The molecule has 1 fully saturated rings. The number of likely N-dealkylation sites (tertiary alicyclic amines) is 1. The molecule has 37 heavy (non-hydrogen) atoms. The first-order chi connectivity index (χ1) is 18.0. The van der Waals surface area contributed by atoms with E-state index >= 15 is 0 Å². The molecule has 1 aliphatic heterocycles. The van der Waals surface area contributed by atoms with Crippen LogP contribution in [0.4, 0.5) is 8.78 Å². The van der Waals surface area contributed by atoms with E-state index in [0.29, 0.717) is 47.5 Å². The number of thiazole rings is 1. The smallest absolute Gasteiger partial charge is 0.251 e. The molecular weight excluding hydrogens is 496 g/mol. The largest absolute Gasteiger partial charge is 0.352 e. The predicted octanol–water partition coefficient (Wildman–Crippen LogP) is 4.69. The molecule has 0 bridgehead atoms. The highest BCUT2D eigenvalue weighted by molar-refractivity contribution is 7.23. The summed E-state index contributed by atoms with van der Waals surface area (Å²) in [5, 5.41) is 13.3. The number of benzene rings is 2. The first kappa shape index (κ1) is 23.7. The molecule has 1 amide bonds. The number of imidazole rings is 1. The van der Waals surface area contributed by atoms with Gasteiger partial charge in [0.15, 0.2) is 4.96 Å². The monoisotopic (exact) mass is 521 g/mol. The molecule has 0 atom stereocenters. The van der Waals surface area contributed by atoms with Crippen molar-refractivity contribution >= 4 is 32.4 Å². The maximum absolute atomic E-state index is 14.9. The van der Waals surface area contributed by atoms with Crippen LogP contribution in [0.5, 0.6) is 0 Å². The third-order valence-electron chi connectivity index (χ3n) is 6.77. The molecule has 2 N–H and O–H groups in total. The number of carbonyl (C=O) groups is 1. The Balaban J connectivity index is 1.13. The van der Waals surface area contributed by atoms with Gasteiger partial charge in [-0.15, -0.1) is 0 Å². The number of halogens is 2. The maximum Gasteiger partial charge on any atom is 0.251 e. The summed E-state index contributed by atoms with van der Waals surface area (Å²) in [6, 6.07) is 10.5. The molecule has 0 radical (unpaired) electrons. The number of nitrogens with one attached hydrogen (secondary N) is 2. The van der Waals surface area contributed by atoms with Crippen molar-refractivity contribution in [2.45, 2.75) is 25.4 Å². The number of fused-ring (bicyclic) bond motifs is 3. The molecule has 3 aromatic heterocycles. The fraction of sp³-hybridized carbons (Fsp3) is 0.308. The molecule has 11 heteroatoms. The van der Waals surface area contributed by atoms with Gasteiger partial charge in [-0.3, -0.25) is 9.20 Å². The number of H-pyrrole nitrogens is 1. The first-order valence-electron chi connectivity index (χ1n) is 12.3. The second-order valence-electron chi connectivity index (χ2n) is 9.24. The lowest BCUT2D eigenvalue weighted by Gasteiger charge is -2.28. The van der Waals surface area contributed by atoms with Crippen LogP contribution < -0.4 is 5.32 Å². The molecule has 0 saturated carbocycles. The zero-order valence-electron chi connectivity index (χ0n) is 20.0. The minimum atomic E-state index is -0.670. The zero-order chi connectivity index (χ0) is 25.4. The molecule has 8 nitrogen and oxygen atoms in total. The van der Waals surface area contributed by atoms with Crippen LogP contribution in [0.15, 0.2) is 48.8 Å². The van der Waals surface area contributed by atoms with Crippen LogP contribution in [0.2, 0.25) is 0 Å². The molecule has 6 rings (SSSR count). The van der Waals surface area contributed by atoms with Crippen LogP contribution >= 0.6 is 11.3 Å². The Morgan fingerprint density at radius 3 is 2.81 bits per heavy atom. The number of amides is 1. The third-order valence-corrected chi connectivity index (χ3v) is 7.78. The van der Waals surface area contributed by atoms with Crippen molar-refractivity contribution in [3.63, 3.8) is 0 Å². The average molecular weight is 522 g/mol. The topological polar surface area (TPSA) is 91.2 Å². The van der Waals surface area contributed by atoms with Crippen molar-refractivity contribution in [2.75, 3.05) is 26.2 Å². The SMILES string of the molecule is O=C(NCCCN1CCC(F)CC1)c1ccc2c(c1)sc1nc(-c3ccc(-c4cn[nH]n4)cc3F)cn12. The van der Waals surface area contributed by atoms with Crippen molar-refractivity contribution in [3.8, 4) is 22.5 Å². The Bertz CT molecular complexity index is 1550. The molecular formula is C26H25F2N7OS. The van der Waals surface area contributed by atoms with E-state index < -0.39 is 6.17 Å². The zero-order valence-corrected chi connectivity index (χ0v) is 20.8. The van der Waals surface area contributed by atoms with Gasteiger partial charge in [-0.1, -0.05) is 17.4 Å². The van der Waals surface area contributed by atoms with Gasteiger partial charge in [-0.2, -0.15) is 15.4 Å². The minimum Gasteiger partial charge on any atom is -0.352 e. The summed E-state index contributed by atoms with van der Waals surface area (Å²) in [4.78, 5) is 20.3. The fourth-order valence-electron chi connectivity index (χ4n) is 4.73. The molecule has 4 heterocycles. The number of rotatable bonds is 7. The summed E-state index contributed by atoms with van der Waals surface area (Å²) in [6.45, 7) is 3.01.